The van der Waals surface area contributed by atoms with Crippen molar-refractivity contribution in [2.75, 3.05) is 5.32 Å². The van der Waals surface area contributed by atoms with E-state index in [1.807, 2.05) is 0 Å². The Labute approximate surface area is 107 Å². The van der Waals surface area contributed by atoms with Crippen LogP contribution in [-0.4, -0.2) is 22.0 Å². The molecular formula is C11H13BrN2O3. The van der Waals surface area contributed by atoms with Gasteiger partial charge in [-0.25, -0.2) is 0 Å². The molecule has 0 fully saturated rings. The highest BCUT2D eigenvalue weighted by atomic mass is 79.9. The lowest BCUT2D eigenvalue weighted by Crippen LogP contribution is -2.11. The van der Waals surface area contributed by atoms with Gasteiger partial charge in [0, 0.05) is 25.2 Å². The standard InChI is InChI=1S/C11H13BrN2O3/c12-8-7-13-6-5-9(8)14-10(15)3-1-2-4-11(16)17/h5-7H,1-4H2,(H,16,17)(H,13,14,15). The van der Waals surface area contributed by atoms with Gasteiger partial charge in [-0.05, 0) is 34.8 Å². The summed E-state index contributed by atoms with van der Waals surface area (Å²) in [5.74, 6) is -0.954. The number of hydrogen-bond acceptors (Lipinski definition) is 3. The lowest BCUT2D eigenvalue weighted by Gasteiger charge is -2.06. The molecule has 0 spiro atoms. The van der Waals surface area contributed by atoms with Crippen LogP contribution in [0.4, 0.5) is 5.69 Å². The fourth-order valence-corrected chi connectivity index (χ4v) is 1.60. The van der Waals surface area contributed by atoms with E-state index >= 15 is 0 Å². The van der Waals surface area contributed by atoms with Gasteiger partial charge in [0.1, 0.15) is 0 Å². The predicted octanol–water partition coefficient (Wildman–Crippen LogP) is 2.43. The molecule has 0 saturated heterocycles. The molecule has 0 unspecified atom stereocenters. The minimum atomic E-state index is -0.831. The summed E-state index contributed by atoms with van der Waals surface area (Å²) in [6, 6.07) is 1.69. The van der Waals surface area contributed by atoms with Crippen molar-refractivity contribution in [1.82, 2.24) is 4.98 Å². The number of aromatic nitrogens is 1. The molecule has 92 valence electrons. The van der Waals surface area contributed by atoms with Crippen molar-refractivity contribution in [3.05, 3.63) is 22.9 Å². The number of rotatable bonds is 6. The molecule has 1 aromatic rings. The first-order chi connectivity index (χ1) is 8.09. The molecule has 0 bridgehead atoms. The highest BCUT2D eigenvalue weighted by Gasteiger charge is 2.05. The van der Waals surface area contributed by atoms with Crippen molar-refractivity contribution in [2.45, 2.75) is 25.7 Å². The van der Waals surface area contributed by atoms with Crippen LogP contribution in [0.2, 0.25) is 0 Å². The topological polar surface area (TPSA) is 79.3 Å². The van der Waals surface area contributed by atoms with Gasteiger partial charge in [0.25, 0.3) is 0 Å². The Balaban J connectivity index is 2.30. The van der Waals surface area contributed by atoms with Gasteiger partial charge >= 0.3 is 5.97 Å². The number of halogens is 1. The molecule has 0 aliphatic rings. The number of carboxylic acids is 1. The highest BCUT2D eigenvalue weighted by Crippen LogP contribution is 2.20. The number of anilines is 1. The summed E-state index contributed by atoms with van der Waals surface area (Å²) in [4.78, 5) is 25.7. The fourth-order valence-electron chi connectivity index (χ4n) is 1.25. The fraction of sp³-hybridized carbons (Fsp3) is 0.364. The molecule has 0 atom stereocenters. The van der Waals surface area contributed by atoms with Crippen LogP contribution in [0.15, 0.2) is 22.9 Å². The molecule has 0 saturated carbocycles. The second-order valence-electron chi connectivity index (χ2n) is 3.50. The van der Waals surface area contributed by atoms with Gasteiger partial charge < -0.3 is 10.4 Å². The third kappa shape index (κ3) is 5.44. The van der Waals surface area contributed by atoms with E-state index in [1.54, 1.807) is 18.5 Å². The number of unbranched alkanes of at least 4 members (excludes halogenated alkanes) is 1. The van der Waals surface area contributed by atoms with Crippen molar-refractivity contribution in [3.63, 3.8) is 0 Å². The molecule has 1 heterocycles. The summed E-state index contributed by atoms with van der Waals surface area (Å²) >= 11 is 3.27. The average molecular weight is 301 g/mol. The molecule has 17 heavy (non-hydrogen) atoms. The number of amides is 1. The first-order valence-corrected chi connectivity index (χ1v) is 6.00. The maximum Gasteiger partial charge on any atom is 0.303 e. The largest absolute Gasteiger partial charge is 0.481 e. The van der Waals surface area contributed by atoms with Crippen LogP contribution < -0.4 is 5.32 Å². The summed E-state index contributed by atoms with van der Waals surface area (Å²) in [5, 5.41) is 11.2. The van der Waals surface area contributed by atoms with Gasteiger partial charge in [0.05, 0.1) is 10.2 Å². The second kappa shape index (κ2) is 7.01. The molecule has 2 N–H and O–H groups in total. The van der Waals surface area contributed by atoms with Gasteiger partial charge in [-0.2, -0.15) is 0 Å². The van der Waals surface area contributed by atoms with Crippen LogP contribution in [0, 0.1) is 0 Å². The first kappa shape index (κ1) is 13.6. The first-order valence-electron chi connectivity index (χ1n) is 5.21. The zero-order valence-electron chi connectivity index (χ0n) is 9.15. The molecule has 0 aliphatic carbocycles. The van der Waals surface area contributed by atoms with Crippen molar-refractivity contribution < 1.29 is 14.7 Å². The normalized spacial score (nSPS) is 9.94. The Morgan fingerprint density at radius 2 is 2.06 bits per heavy atom. The Kier molecular flexibility index (Phi) is 5.62. The summed E-state index contributed by atoms with van der Waals surface area (Å²) in [7, 11) is 0. The Morgan fingerprint density at radius 1 is 1.35 bits per heavy atom. The molecule has 5 nitrogen and oxygen atoms in total. The molecule has 0 aromatic carbocycles. The minimum Gasteiger partial charge on any atom is -0.481 e. The summed E-state index contributed by atoms with van der Waals surface area (Å²) in [5.41, 5.74) is 0.670. The van der Waals surface area contributed by atoms with E-state index in [0.29, 0.717) is 24.9 Å². The molecule has 1 amide bonds. The second-order valence-corrected chi connectivity index (χ2v) is 4.36. The molecular weight excluding hydrogens is 288 g/mol. The zero-order valence-corrected chi connectivity index (χ0v) is 10.7. The van der Waals surface area contributed by atoms with E-state index in [-0.39, 0.29) is 12.3 Å². The maximum atomic E-state index is 11.5. The van der Waals surface area contributed by atoms with E-state index in [0.717, 1.165) is 4.47 Å². The van der Waals surface area contributed by atoms with Gasteiger partial charge in [-0.1, -0.05) is 0 Å². The van der Waals surface area contributed by atoms with E-state index in [2.05, 4.69) is 26.2 Å². The minimum absolute atomic E-state index is 0.103. The highest BCUT2D eigenvalue weighted by molar-refractivity contribution is 9.10. The van der Waals surface area contributed by atoms with Crippen molar-refractivity contribution in [2.24, 2.45) is 0 Å². The van der Waals surface area contributed by atoms with Crippen LogP contribution in [0.25, 0.3) is 0 Å². The predicted molar refractivity (Wildman–Crippen MR) is 66.7 cm³/mol. The molecule has 0 aliphatic heterocycles. The van der Waals surface area contributed by atoms with Crippen LogP contribution in [0.1, 0.15) is 25.7 Å². The Morgan fingerprint density at radius 3 is 2.71 bits per heavy atom. The lowest BCUT2D eigenvalue weighted by molar-refractivity contribution is -0.137. The number of carbonyl (C=O) groups is 2. The number of pyridine rings is 1. The summed E-state index contributed by atoms with van der Waals surface area (Å²) in [6.45, 7) is 0. The van der Waals surface area contributed by atoms with Crippen molar-refractivity contribution >= 4 is 33.5 Å². The number of aliphatic carboxylic acids is 1. The van der Waals surface area contributed by atoms with Crippen molar-refractivity contribution in [1.29, 1.82) is 0 Å². The number of carbonyl (C=O) groups excluding carboxylic acids is 1. The van der Waals surface area contributed by atoms with Crippen LogP contribution in [0.5, 0.6) is 0 Å². The van der Waals surface area contributed by atoms with E-state index < -0.39 is 5.97 Å². The molecule has 1 rings (SSSR count). The Hall–Kier alpha value is -1.43. The van der Waals surface area contributed by atoms with Crippen LogP contribution >= 0.6 is 15.9 Å². The van der Waals surface area contributed by atoms with E-state index in [1.165, 1.54) is 0 Å². The van der Waals surface area contributed by atoms with Gasteiger partial charge in [-0.15, -0.1) is 0 Å². The molecule has 1 aromatic heterocycles. The zero-order chi connectivity index (χ0) is 12.7. The quantitative estimate of drug-likeness (QED) is 0.791. The van der Waals surface area contributed by atoms with Crippen molar-refractivity contribution in [3.8, 4) is 0 Å². The van der Waals surface area contributed by atoms with Gasteiger partial charge in [0.2, 0.25) is 5.91 Å². The monoisotopic (exact) mass is 300 g/mol. The summed E-state index contributed by atoms with van der Waals surface area (Å²) in [6.07, 6.45) is 4.69. The lowest BCUT2D eigenvalue weighted by atomic mass is 10.2. The third-order valence-electron chi connectivity index (χ3n) is 2.09. The average Bonchev–Trinajstić information content (AvgIpc) is 2.27. The number of carboxylic acid groups (broad SMARTS) is 1. The SMILES string of the molecule is O=C(O)CCCCC(=O)Nc1ccncc1Br. The van der Waals surface area contributed by atoms with Gasteiger partial charge in [-0.3, -0.25) is 14.6 Å². The maximum absolute atomic E-state index is 11.5. The van der Waals surface area contributed by atoms with Crippen LogP contribution in [0.3, 0.4) is 0 Å². The number of nitrogens with one attached hydrogen (secondary N) is 1. The molecule has 0 radical (unpaired) electrons. The number of nitrogens with zero attached hydrogens (tertiary/aromatic N) is 1. The summed E-state index contributed by atoms with van der Waals surface area (Å²) < 4.78 is 0.721. The van der Waals surface area contributed by atoms with E-state index in [9.17, 15) is 9.59 Å². The van der Waals surface area contributed by atoms with E-state index in [4.69, 9.17) is 5.11 Å². The number of hydrogen-bond donors (Lipinski definition) is 2. The third-order valence-corrected chi connectivity index (χ3v) is 2.72. The molecule has 6 heteroatoms. The Bertz CT molecular complexity index is 409. The smallest absolute Gasteiger partial charge is 0.303 e. The van der Waals surface area contributed by atoms with Crippen LogP contribution in [-0.2, 0) is 9.59 Å². The van der Waals surface area contributed by atoms with Gasteiger partial charge in [0.15, 0.2) is 0 Å².